The molecule has 21 heavy (non-hydrogen) atoms. The van der Waals surface area contributed by atoms with Crippen molar-refractivity contribution >= 4 is 27.5 Å². The van der Waals surface area contributed by atoms with Gasteiger partial charge in [-0.15, -0.1) is 0 Å². The van der Waals surface area contributed by atoms with Crippen LogP contribution in [0.2, 0.25) is 5.02 Å². The second-order valence-corrected chi connectivity index (χ2v) is 6.32. The Labute approximate surface area is 137 Å². The van der Waals surface area contributed by atoms with Gasteiger partial charge in [0, 0.05) is 5.56 Å². The van der Waals surface area contributed by atoms with Gasteiger partial charge in [0.25, 0.3) is 0 Å². The smallest absolute Gasteiger partial charge is 0.142 e. The highest BCUT2D eigenvalue weighted by Crippen LogP contribution is 2.34. The Morgan fingerprint density at radius 1 is 1.10 bits per heavy atom. The molecule has 0 aliphatic rings. The van der Waals surface area contributed by atoms with Crippen molar-refractivity contribution in [3.05, 3.63) is 69.7 Å². The Morgan fingerprint density at radius 3 is 2.38 bits per heavy atom. The predicted octanol–water partition coefficient (Wildman–Crippen LogP) is 6.45. The third kappa shape index (κ3) is 4.04. The molecular formula is C17H16BrClF2. The van der Waals surface area contributed by atoms with Crippen LogP contribution >= 0.6 is 27.5 Å². The molecule has 0 nitrogen and oxygen atoms in total. The van der Waals surface area contributed by atoms with E-state index in [9.17, 15) is 8.78 Å². The second-order valence-electron chi connectivity index (χ2n) is 5.00. The fourth-order valence-electron chi connectivity index (χ4n) is 2.15. The first kappa shape index (κ1) is 16.4. The minimum atomic E-state index is -0.614. The summed E-state index contributed by atoms with van der Waals surface area (Å²) in [5.74, 6) is -1.13. The van der Waals surface area contributed by atoms with Crippen molar-refractivity contribution in [1.82, 2.24) is 0 Å². The molecule has 0 bridgehead atoms. The summed E-state index contributed by atoms with van der Waals surface area (Å²) in [4.78, 5) is -0.399. The topological polar surface area (TPSA) is 0 Å². The average Bonchev–Trinajstić information content (AvgIpc) is 2.48. The van der Waals surface area contributed by atoms with Crippen molar-refractivity contribution in [1.29, 1.82) is 0 Å². The Morgan fingerprint density at radius 2 is 1.76 bits per heavy atom. The van der Waals surface area contributed by atoms with Crippen LogP contribution in [0.15, 0.2) is 36.4 Å². The van der Waals surface area contributed by atoms with Crippen LogP contribution in [0.5, 0.6) is 0 Å². The lowest BCUT2D eigenvalue weighted by molar-refractivity contribution is 0.588. The standard InChI is InChI=1S/C17H16BrClF2/c1-2-3-4-11-5-7-12(8-6-11)17(18)13-9-16(21)14(19)10-15(13)20/h5-10,17H,2-4H2,1H3. The summed E-state index contributed by atoms with van der Waals surface area (Å²) in [5.41, 5.74) is 2.39. The lowest BCUT2D eigenvalue weighted by atomic mass is 10.0. The zero-order valence-corrected chi connectivity index (χ0v) is 14.0. The van der Waals surface area contributed by atoms with Gasteiger partial charge in [-0.25, -0.2) is 8.78 Å². The van der Waals surface area contributed by atoms with E-state index in [0.29, 0.717) is 0 Å². The molecule has 0 heterocycles. The second kappa shape index (κ2) is 7.37. The monoisotopic (exact) mass is 372 g/mol. The molecule has 1 unspecified atom stereocenters. The van der Waals surface area contributed by atoms with E-state index in [2.05, 4.69) is 22.9 Å². The number of unbranched alkanes of at least 4 members (excludes halogenated alkanes) is 1. The van der Waals surface area contributed by atoms with E-state index >= 15 is 0 Å². The number of aryl methyl sites for hydroxylation is 1. The summed E-state index contributed by atoms with van der Waals surface area (Å²) in [6, 6.07) is 10.1. The number of hydrogen-bond donors (Lipinski definition) is 0. The highest BCUT2D eigenvalue weighted by atomic mass is 79.9. The first-order valence-electron chi connectivity index (χ1n) is 6.90. The van der Waals surface area contributed by atoms with Gasteiger partial charge in [0.15, 0.2) is 0 Å². The number of halogens is 4. The third-order valence-corrected chi connectivity index (χ3v) is 4.72. The summed E-state index contributed by atoms with van der Waals surface area (Å²) in [6.07, 6.45) is 3.33. The predicted molar refractivity (Wildman–Crippen MR) is 87.2 cm³/mol. The van der Waals surface area contributed by atoms with Gasteiger partial charge in [0.05, 0.1) is 9.85 Å². The molecule has 0 amide bonds. The van der Waals surface area contributed by atoms with E-state index < -0.39 is 16.5 Å². The van der Waals surface area contributed by atoms with Crippen molar-refractivity contribution in [2.75, 3.05) is 0 Å². The van der Waals surface area contributed by atoms with E-state index in [1.807, 2.05) is 24.3 Å². The van der Waals surface area contributed by atoms with Gasteiger partial charge in [-0.05, 0) is 36.1 Å². The van der Waals surface area contributed by atoms with Gasteiger partial charge in [0.2, 0.25) is 0 Å². The van der Waals surface area contributed by atoms with E-state index in [4.69, 9.17) is 11.6 Å². The van der Waals surface area contributed by atoms with Gasteiger partial charge in [-0.1, -0.05) is 65.1 Å². The highest BCUT2D eigenvalue weighted by Gasteiger charge is 2.17. The maximum atomic E-state index is 13.9. The molecule has 0 aliphatic carbocycles. The zero-order valence-electron chi connectivity index (χ0n) is 11.7. The van der Waals surface area contributed by atoms with Crippen LogP contribution in [0.4, 0.5) is 8.78 Å². The Bertz CT molecular complexity index is 611. The first-order valence-corrected chi connectivity index (χ1v) is 8.19. The SMILES string of the molecule is CCCCc1ccc(C(Br)c2cc(F)c(Cl)cc2F)cc1. The molecule has 112 valence electrons. The van der Waals surface area contributed by atoms with E-state index in [1.54, 1.807) is 0 Å². The van der Waals surface area contributed by atoms with Crippen LogP contribution in [0.1, 0.15) is 41.3 Å². The molecule has 4 heteroatoms. The Balaban J connectivity index is 2.23. The van der Waals surface area contributed by atoms with Crippen LogP contribution in [-0.4, -0.2) is 0 Å². The molecule has 0 spiro atoms. The Hall–Kier alpha value is -0.930. The van der Waals surface area contributed by atoms with Crippen molar-refractivity contribution < 1.29 is 8.78 Å². The fourth-order valence-corrected chi connectivity index (χ4v) is 2.95. The van der Waals surface area contributed by atoms with Gasteiger partial charge >= 0.3 is 0 Å². The molecule has 0 fully saturated rings. The minimum Gasteiger partial charge on any atom is -0.207 e. The molecule has 0 aromatic heterocycles. The fraction of sp³-hybridized carbons (Fsp3) is 0.294. The average molecular weight is 374 g/mol. The number of hydrogen-bond acceptors (Lipinski definition) is 0. The van der Waals surface area contributed by atoms with Gasteiger partial charge in [-0.3, -0.25) is 0 Å². The van der Waals surface area contributed by atoms with Crippen LogP contribution in [0, 0.1) is 11.6 Å². The van der Waals surface area contributed by atoms with Crippen LogP contribution in [0.3, 0.4) is 0 Å². The molecule has 2 rings (SSSR count). The molecule has 0 aliphatic heterocycles. The highest BCUT2D eigenvalue weighted by molar-refractivity contribution is 9.09. The molecule has 2 aromatic carbocycles. The largest absolute Gasteiger partial charge is 0.207 e. The molecule has 0 saturated heterocycles. The molecule has 1 atom stereocenters. The lowest BCUT2D eigenvalue weighted by Gasteiger charge is -2.13. The van der Waals surface area contributed by atoms with Crippen LogP contribution in [-0.2, 0) is 6.42 Å². The van der Waals surface area contributed by atoms with Gasteiger partial charge < -0.3 is 0 Å². The summed E-state index contributed by atoms with van der Waals surface area (Å²) in [7, 11) is 0. The van der Waals surface area contributed by atoms with Crippen molar-refractivity contribution in [2.24, 2.45) is 0 Å². The maximum absolute atomic E-state index is 13.9. The summed E-state index contributed by atoms with van der Waals surface area (Å²) < 4.78 is 27.5. The lowest BCUT2D eigenvalue weighted by Crippen LogP contribution is -1.99. The summed E-state index contributed by atoms with van der Waals surface area (Å²) >= 11 is 9.01. The molecule has 0 saturated carbocycles. The van der Waals surface area contributed by atoms with Crippen LogP contribution < -0.4 is 0 Å². The molecular weight excluding hydrogens is 358 g/mol. The Kier molecular flexibility index (Phi) is 5.77. The quantitative estimate of drug-likeness (QED) is 0.417. The van der Waals surface area contributed by atoms with Crippen molar-refractivity contribution in [2.45, 2.75) is 31.0 Å². The maximum Gasteiger partial charge on any atom is 0.142 e. The first-order chi connectivity index (χ1) is 10.0. The van der Waals surface area contributed by atoms with Crippen LogP contribution in [0.25, 0.3) is 0 Å². The molecule has 0 radical (unpaired) electrons. The zero-order chi connectivity index (χ0) is 15.4. The van der Waals surface area contributed by atoms with E-state index in [-0.39, 0.29) is 10.6 Å². The van der Waals surface area contributed by atoms with E-state index in [0.717, 1.165) is 37.0 Å². The number of alkyl halides is 1. The summed E-state index contributed by atoms with van der Waals surface area (Å²) in [6.45, 7) is 2.15. The summed E-state index contributed by atoms with van der Waals surface area (Å²) in [5, 5.41) is -0.203. The molecule has 2 aromatic rings. The van der Waals surface area contributed by atoms with Crippen molar-refractivity contribution in [3.63, 3.8) is 0 Å². The number of benzene rings is 2. The molecule has 0 N–H and O–H groups in total. The minimum absolute atomic E-state index is 0.203. The normalized spacial score (nSPS) is 12.4. The number of rotatable bonds is 5. The third-order valence-electron chi connectivity index (χ3n) is 3.40. The van der Waals surface area contributed by atoms with Gasteiger partial charge in [-0.2, -0.15) is 0 Å². The van der Waals surface area contributed by atoms with Crippen molar-refractivity contribution in [3.8, 4) is 0 Å². The van der Waals surface area contributed by atoms with E-state index in [1.165, 1.54) is 5.56 Å². The van der Waals surface area contributed by atoms with Gasteiger partial charge in [0.1, 0.15) is 11.6 Å².